The van der Waals surface area contributed by atoms with Gasteiger partial charge in [-0.3, -0.25) is 4.79 Å². The summed E-state index contributed by atoms with van der Waals surface area (Å²) in [6.07, 6.45) is 0.785. The summed E-state index contributed by atoms with van der Waals surface area (Å²) >= 11 is 0. The number of anilines is 1. The van der Waals surface area contributed by atoms with E-state index < -0.39 is 5.56 Å². The minimum atomic E-state index is -0.392. The lowest BCUT2D eigenvalue weighted by molar-refractivity contribution is 0.300. The number of fused-ring (bicyclic) bond motifs is 2. The van der Waals surface area contributed by atoms with E-state index in [9.17, 15) is 4.79 Å². The third-order valence-electron chi connectivity index (χ3n) is 5.60. The van der Waals surface area contributed by atoms with Crippen LogP contribution >= 0.6 is 0 Å². The van der Waals surface area contributed by atoms with Crippen molar-refractivity contribution in [3.8, 4) is 28.7 Å². The standard InChI is InChI=1S/C23H27N3O6/c1-6-32-21-19-15(11-18(30-4)20(21)31-5)24-23(25-22(19)27)26-8-7-13-9-16(28-2)17(29-3)10-14(13)12-26/h9-11H,6-8,12H2,1-5H3,(H,24,25,27). The van der Waals surface area contributed by atoms with Crippen molar-refractivity contribution in [2.45, 2.75) is 19.9 Å². The number of ether oxygens (including phenoxy) is 5. The number of H-pyrrole nitrogens is 1. The summed E-state index contributed by atoms with van der Waals surface area (Å²) in [6, 6.07) is 5.71. The largest absolute Gasteiger partial charge is 0.493 e. The Kier molecular flexibility index (Phi) is 5.98. The van der Waals surface area contributed by atoms with E-state index >= 15 is 0 Å². The molecule has 0 atom stereocenters. The first-order chi connectivity index (χ1) is 15.5. The number of nitrogens with zero attached hydrogens (tertiary/aromatic N) is 2. The Labute approximate surface area is 185 Å². The van der Waals surface area contributed by atoms with Crippen molar-refractivity contribution in [1.82, 2.24) is 9.97 Å². The second-order valence-corrected chi connectivity index (χ2v) is 7.31. The molecule has 9 nitrogen and oxygen atoms in total. The van der Waals surface area contributed by atoms with Crippen molar-refractivity contribution in [1.29, 1.82) is 0 Å². The molecule has 1 N–H and O–H groups in total. The molecule has 0 unspecified atom stereocenters. The summed E-state index contributed by atoms with van der Waals surface area (Å²) in [5.41, 5.74) is 2.46. The molecule has 1 aliphatic heterocycles. The maximum Gasteiger partial charge on any atom is 0.286 e. The molecule has 0 radical (unpaired) electrons. The van der Waals surface area contributed by atoms with Crippen LogP contribution in [-0.2, 0) is 13.0 Å². The monoisotopic (exact) mass is 441 g/mol. The molecule has 0 spiro atoms. The van der Waals surface area contributed by atoms with Crippen molar-refractivity contribution < 1.29 is 23.7 Å². The molecule has 2 aromatic carbocycles. The van der Waals surface area contributed by atoms with Crippen molar-refractivity contribution in [3.63, 3.8) is 0 Å². The van der Waals surface area contributed by atoms with Crippen molar-refractivity contribution >= 4 is 16.9 Å². The fraction of sp³-hybridized carbons (Fsp3) is 0.391. The Bertz CT molecular complexity index is 1210. The number of benzene rings is 2. The average Bonchev–Trinajstić information content (AvgIpc) is 2.82. The molecule has 0 bridgehead atoms. The van der Waals surface area contributed by atoms with Gasteiger partial charge in [-0.05, 0) is 36.6 Å². The zero-order chi connectivity index (χ0) is 22.8. The lowest BCUT2D eigenvalue weighted by Crippen LogP contribution is -2.33. The van der Waals surface area contributed by atoms with Gasteiger partial charge in [-0.1, -0.05) is 0 Å². The van der Waals surface area contributed by atoms with Crippen molar-refractivity contribution in [2.75, 3.05) is 46.5 Å². The number of hydrogen-bond donors (Lipinski definition) is 1. The van der Waals surface area contributed by atoms with E-state index in [-0.39, 0.29) is 0 Å². The van der Waals surface area contributed by atoms with E-state index in [4.69, 9.17) is 23.7 Å². The third kappa shape index (κ3) is 3.63. The molecular weight excluding hydrogens is 414 g/mol. The molecule has 32 heavy (non-hydrogen) atoms. The SMILES string of the molecule is CCOc1c(OC)c(OC)cc2[nH]c(N3CCc4cc(OC)c(OC)cc4C3)nc(=O)c12. The molecule has 0 fully saturated rings. The highest BCUT2D eigenvalue weighted by atomic mass is 16.5. The van der Waals surface area contributed by atoms with Crippen LogP contribution in [0.5, 0.6) is 28.7 Å². The van der Waals surface area contributed by atoms with Crippen molar-refractivity contribution in [3.05, 3.63) is 39.7 Å². The summed E-state index contributed by atoms with van der Waals surface area (Å²) in [5, 5.41) is 0.331. The molecule has 0 saturated heterocycles. The third-order valence-corrected chi connectivity index (χ3v) is 5.60. The normalized spacial score (nSPS) is 13.0. The highest BCUT2D eigenvalue weighted by Crippen LogP contribution is 2.42. The van der Waals surface area contributed by atoms with E-state index in [0.717, 1.165) is 12.0 Å². The first kappa shape index (κ1) is 21.6. The smallest absolute Gasteiger partial charge is 0.286 e. The predicted octanol–water partition coefficient (Wildman–Crippen LogP) is 2.92. The minimum absolute atomic E-state index is 0.325. The number of aromatic nitrogens is 2. The van der Waals surface area contributed by atoms with Crippen LogP contribution in [0.15, 0.2) is 23.0 Å². The van der Waals surface area contributed by atoms with Gasteiger partial charge in [-0.15, -0.1) is 0 Å². The van der Waals surface area contributed by atoms with E-state index in [2.05, 4.69) is 9.97 Å². The van der Waals surface area contributed by atoms with Crippen LogP contribution in [0.3, 0.4) is 0 Å². The lowest BCUT2D eigenvalue weighted by Gasteiger charge is -2.30. The molecule has 0 aliphatic carbocycles. The molecule has 0 saturated carbocycles. The molecular formula is C23H27N3O6. The number of aromatic amines is 1. The van der Waals surface area contributed by atoms with Gasteiger partial charge in [0.05, 0.1) is 40.6 Å². The fourth-order valence-electron chi connectivity index (χ4n) is 4.07. The van der Waals surface area contributed by atoms with Gasteiger partial charge in [-0.2, -0.15) is 4.98 Å². The Balaban J connectivity index is 1.79. The Morgan fingerprint density at radius 3 is 2.25 bits per heavy atom. The molecule has 170 valence electrons. The Morgan fingerprint density at radius 2 is 1.62 bits per heavy atom. The van der Waals surface area contributed by atoms with Crippen LogP contribution in [0.1, 0.15) is 18.1 Å². The van der Waals surface area contributed by atoms with E-state index in [0.29, 0.717) is 65.3 Å². The highest BCUT2D eigenvalue weighted by molar-refractivity contribution is 5.90. The van der Waals surface area contributed by atoms with Gasteiger partial charge in [-0.25, -0.2) is 0 Å². The van der Waals surface area contributed by atoms with Crippen LogP contribution in [-0.4, -0.2) is 51.6 Å². The Morgan fingerprint density at radius 1 is 0.938 bits per heavy atom. The summed E-state index contributed by atoms with van der Waals surface area (Å²) in [6.45, 7) is 3.49. The van der Waals surface area contributed by atoms with Crippen LogP contribution in [0.25, 0.3) is 10.9 Å². The zero-order valence-corrected chi connectivity index (χ0v) is 18.9. The van der Waals surface area contributed by atoms with Crippen LogP contribution in [0.4, 0.5) is 5.95 Å². The van der Waals surface area contributed by atoms with Gasteiger partial charge in [0.1, 0.15) is 5.39 Å². The van der Waals surface area contributed by atoms with E-state index in [1.54, 1.807) is 27.4 Å². The van der Waals surface area contributed by atoms with E-state index in [1.807, 2.05) is 24.0 Å². The van der Waals surface area contributed by atoms with Gasteiger partial charge >= 0.3 is 0 Å². The molecule has 1 aliphatic rings. The maximum absolute atomic E-state index is 13.1. The van der Waals surface area contributed by atoms with E-state index in [1.165, 1.54) is 12.7 Å². The second-order valence-electron chi connectivity index (χ2n) is 7.31. The van der Waals surface area contributed by atoms with Gasteiger partial charge < -0.3 is 33.6 Å². The van der Waals surface area contributed by atoms with Crippen molar-refractivity contribution in [2.24, 2.45) is 0 Å². The summed E-state index contributed by atoms with van der Waals surface area (Å²) in [5.74, 6) is 3.03. The van der Waals surface area contributed by atoms with Crippen LogP contribution in [0, 0.1) is 0 Å². The quantitative estimate of drug-likeness (QED) is 0.598. The summed E-state index contributed by atoms with van der Waals surface area (Å²) in [7, 11) is 6.30. The zero-order valence-electron chi connectivity index (χ0n) is 18.9. The van der Waals surface area contributed by atoms with Crippen LogP contribution in [0.2, 0.25) is 0 Å². The second kappa shape index (κ2) is 8.86. The molecule has 4 rings (SSSR count). The first-order valence-electron chi connectivity index (χ1n) is 10.3. The molecule has 1 aromatic heterocycles. The Hall–Kier alpha value is -3.62. The molecule has 0 amide bonds. The minimum Gasteiger partial charge on any atom is -0.493 e. The first-order valence-corrected chi connectivity index (χ1v) is 10.3. The summed E-state index contributed by atoms with van der Waals surface area (Å²) in [4.78, 5) is 22.7. The number of hydrogen-bond acceptors (Lipinski definition) is 8. The topological polar surface area (TPSA) is 95.1 Å². The predicted molar refractivity (Wildman–Crippen MR) is 121 cm³/mol. The average molecular weight is 441 g/mol. The summed E-state index contributed by atoms with van der Waals surface area (Å²) < 4.78 is 27.5. The van der Waals surface area contributed by atoms with Crippen LogP contribution < -0.4 is 34.1 Å². The number of nitrogens with one attached hydrogen (secondary N) is 1. The lowest BCUT2D eigenvalue weighted by atomic mass is 9.99. The van der Waals surface area contributed by atoms with Gasteiger partial charge in [0, 0.05) is 19.2 Å². The molecule has 9 heteroatoms. The fourth-order valence-corrected chi connectivity index (χ4v) is 4.07. The maximum atomic E-state index is 13.1. The van der Waals surface area contributed by atoms with Gasteiger partial charge in [0.15, 0.2) is 23.0 Å². The molecule has 2 heterocycles. The number of rotatable bonds is 7. The molecule has 3 aromatic rings. The number of methoxy groups -OCH3 is 4. The highest BCUT2D eigenvalue weighted by Gasteiger charge is 2.24. The van der Waals surface area contributed by atoms with Gasteiger partial charge in [0.25, 0.3) is 5.56 Å². The van der Waals surface area contributed by atoms with Gasteiger partial charge in [0.2, 0.25) is 11.7 Å².